The number of aromatic nitrogens is 1. The number of sulfonamides is 1. The van der Waals surface area contributed by atoms with E-state index in [9.17, 15) is 8.42 Å². The van der Waals surface area contributed by atoms with Gasteiger partial charge in [-0.3, -0.25) is 0 Å². The fourth-order valence-electron chi connectivity index (χ4n) is 3.47. The van der Waals surface area contributed by atoms with Crippen molar-refractivity contribution in [3.05, 3.63) is 88.7 Å². The van der Waals surface area contributed by atoms with Crippen LogP contribution < -0.4 is 0 Å². The molecule has 0 spiro atoms. The summed E-state index contributed by atoms with van der Waals surface area (Å²) in [6.45, 7) is 3.06. The van der Waals surface area contributed by atoms with E-state index in [0.29, 0.717) is 18.1 Å². The zero-order valence-electron chi connectivity index (χ0n) is 14.3. The van der Waals surface area contributed by atoms with Crippen LogP contribution in [0.25, 0.3) is 0 Å². The first-order valence-electron chi connectivity index (χ1n) is 8.46. The molecular formula is C20H19ClN2O2S. The lowest BCUT2D eigenvalue weighted by Crippen LogP contribution is -2.42. The topological polar surface area (TPSA) is 42.3 Å². The molecule has 1 aliphatic heterocycles. The Balaban J connectivity index is 1.85. The van der Waals surface area contributed by atoms with Gasteiger partial charge in [0.1, 0.15) is 0 Å². The summed E-state index contributed by atoms with van der Waals surface area (Å²) in [5, 5.41) is 0.415. The number of fused-ring (bicyclic) bond motifs is 1. The van der Waals surface area contributed by atoms with Crippen LogP contribution in [0.4, 0.5) is 0 Å². The summed E-state index contributed by atoms with van der Waals surface area (Å²) in [5.74, 6) is 0. The molecule has 4 nitrogen and oxygen atoms in total. The molecule has 0 amide bonds. The van der Waals surface area contributed by atoms with Gasteiger partial charge in [0.15, 0.2) is 0 Å². The highest BCUT2D eigenvalue weighted by atomic mass is 35.5. The van der Waals surface area contributed by atoms with Crippen molar-refractivity contribution in [1.29, 1.82) is 0 Å². The van der Waals surface area contributed by atoms with E-state index in [0.717, 1.165) is 16.8 Å². The molecular weight excluding hydrogens is 368 g/mol. The Labute approximate surface area is 158 Å². The SMILES string of the molecule is Cc1ccc([C@H]2c3cccn3CCN2S(=O)(=O)c2cccc(Cl)c2)cc1. The van der Waals surface area contributed by atoms with Gasteiger partial charge in [0.2, 0.25) is 10.0 Å². The average molecular weight is 387 g/mol. The van der Waals surface area contributed by atoms with E-state index < -0.39 is 10.0 Å². The quantitative estimate of drug-likeness (QED) is 0.675. The van der Waals surface area contributed by atoms with Gasteiger partial charge in [0.05, 0.1) is 10.9 Å². The molecule has 0 aliphatic carbocycles. The zero-order chi connectivity index (χ0) is 18.3. The molecule has 0 N–H and O–H groups in total. The number of nitrogens with zero attached hydrogens (tertiary/aromatic N) is 2. The maximum atomic E-state index is 13.4. The zero-order valence-corrected chi connectivity index (χ0v) is 15.9. The molecule has 2 heterocycles. The molecule has 6 heteroatoms. The third kappa shape index (κ3) is 2.96. The standard InChI is InChI=1S/C20H19ClN2O2S/c1-15-7-9-16(10-8-15)20-19-6-3-11-22(19)12-13-23(20)26(24,25)18-5-2-4-17(21)14-18/h2-11,14,20H,12-13H2,1H3/t20-/m0/s1. The Bertz CT molecular complexity index is 1040. The number of hydrogen-bond acceptors (Lipinski definition) is 2. The molecule has 3 aromatic rings. The van der Waals surface area contributed by atoms with Crippen molar-refractivity contribution in [3.63, 3.8) is 0 Å². The van der Waals surface area contributed by atoms with Gasteiger partial charge in [0, 0.05) is 30.0 Å². The van der Waals surface area contributed by atoms with Crippen molar-refractivity contribution in [2.45, 2.75) is 24.4 Å². The lowest BCUT2D eigenvalue weighted by atomic mass is 10.0. The lowest BCUT2D eigenvalue weighted by molar-refractivity contribution is 0.298. The van der Waals surface area contributed by atoms with Crippen LogP contribution in [-0.4, -0.2) is 23.8 Å². The van der Waals surface area contributed by atoms with Gasteiger partial charge >= 0.3 is 0 Å². The van der Waals surface area contributed by atoms with Crippen LogP contribution in [0.1, 0.15) is 22.9 Å². The Kier molecular flexibility index (Phi) is 4.39. The number of hydrogen-bond donors (Lipinski definition) is 0. The van der Waals surface area contributed by atoms with Gasteiger partial charge < -0.3 is 4.57 Å². The Hall–Kier alpha value is -2.08. The Morgan fingerprint density at radius 3 is 2.50 bits per heavy atom. The fourth-order valence-corrected chi connectivity index (χ4v) is 5.35. The van der Waals surface area contributed by atoms with Crippen LogP contribution >= 0.6 is 11.6 Å². The average Bonchev–Trinajstić information content (AvgIpc) is 3.10. The van der Waals surface area contributed by atoms with Crippen LogP contribution in [0.2, 0.25) is 5.02 Å². The maximum Gasteiger partial charge on any atom is 0.244 e. The van der Waals surface area contributed by atoms with Gasteiger partial charge in [-0.25, -0.2) is 8.42 Å². The molecule has 0 fully saturated rings. The van der Waals surface area contributed by atoms with Crippen LogP contribution in [-0.2, 0) is 16.6 Å². The van der Waals surface area contributed by atoms with E-state index in [1.165, 1.54) is 6.07 Å². The fraction of sp³-hybridized carbons (Fsp3) is 0.200. The number of aryl methyl sites for hydroxylation is 1. The highest BCUT2D eigenvalue weighted by Crippen LogP contribution is 2.36. The van der Waals surface area contributed by atoms with Gasteiger partial charge in [-0.15, -0.1) is 0 Å². The molecule has 4 rings (SSSR count). The van der Waals surface area contributed by atoms with Crippen molar-refractivity contribution >= 4 is 21.6 Å². The molecule has 134 valence electrons. The molecule has 0 saturated heterocycles. The molecule has 0 saturated carbocycles. The van der Waals surface area contributed by atoms with Crippen LogP contribution in [0.15, 0.2) is 71.8 Å². The molecule has 1 aliphatic rings. The van der Waals surface area contributed by atoms with E-state index in [1.54, 1.807) is 22.5 Å². The molecule has 1 aromatic heterocycles. The number of rotatable bonds is 3. The first kappa shape index (κ1) is 17.3. The summed E-state index contributed by atoms with van der Waals surface area (Å²) in [5.41, 5.74) is 3.08. The number of benzene rings is 2. The molecule has 2 aromatic carbocycles. The molecule has 0 unspecified atom stereocenters. The Morgan fingerprint density at radius 1 is 1.00 bits per heavy atom. The van der Waals surface area contributed by atoms with Gasteiger partial charge in [-0.1, -0.05) is 47.5 Å². The monoisotopic (exact) mass is 386 g/mol. The maximum absolute atomic E-state index is 13.4. The lowest BCUT2D eigenvalue weighted by Gasteiger charge is -2.36. The van der Waals surface area contributed by atoms with Crippen LogP contribution in [0.3, 0.4) is 0 Å². The normalized spacial score (nSPS) is 17.8. The highest BCUT2D eigenvalue weighted by molar-refractivity contribution is 7.89. The minimum Gasteiger partial charge on any atom is -0.348 e. The smallest absolute Gasteiger partial charge is 0.244 e. The van der Waals surface area contributed by atoms with Crippen molar-refractivity contribution in [2.24, 2.45) is 0 Å². The second-order valence-corrected chi connectivity index (χ2v) is 8.84. The predicted octanol–water partition coefficient (Wildman–Crippen LogP) is 4.24. The number of halogens is 1. The van der Waals surface area contributed by atoms with Crippen LogP contribution in [0.5, 0.6) is 0 Å². The summed E-state index contributed by atoms with van der Waals surface area (Å²) in [6, 6.07) is 18.1. The van der Waals surface area contributed by atoms with Crippen LogP contribution in [0, 0.1) is 6.92 Å². The van der Waals surface area contributed by atoms with Gasteiger partial charge in [-0.2, -0.15) is 4.31 Å². The summed E-state index contributed by atoms with van der Waals surface area (Å²) in [4.78, 5) is 0.224. The first-order chi connectivity index (χ1) is 12.5. The largest absolute Gasteiger partial charge is 0.348 e. The Morgan fingerprint density at radius 2 is 1.77 bits per heavy atom. The van der Waals surface area contributed by atoms with E-state index >= 15 is 0 Å². The van der Waals surface area contributed by atoms with Crippen molar-refractivity contribution < 1.29 is 8.42 Å². The summed E-state index contributed by atoms with van der Waals surface area (Å²) in [6.07, 6.45) is 2.00. The van der Waals surface area contributed by atoms with Crippen molar-refractivity contribution in [1.82, 2.24) is 8.87 Å². The molecule has 0 radical (unpaired) electrons. The van der Waals surface area contributed by atoms with E-state index in [2.05, 4.69) is 4.57 Å². The van der Waals surface area contributed by atoms with Crippen molar-refractivity contribution in [2.75, 3.05) is 6.54 Å². The second kappa shape index (κ2) is 6.58. The van der Waals surface area contributed by atoms with Crippen molar-refractivity contribution in [3.8, 4) is 0 Å². The molecule has 26 heavy (non-hydrogen) atoms. The summed E-state index contributed by atoms with van der Waals surface area (Å²) >= 11 is 6.04. The van der Waals surface area contributed by atoms with E-state index in [4.69, 9.17) is 11.6 Å². The van der Waals surface area contributed by atoms with E-state index in [-0.39, 0.29) is 10.9 Å². The third-order valence-corrected chi connectivity index (χ3v) is 6.89. The summed E-state index contributed by atoms with van der Waals surface area (Å²) in [7, 11) is -3.68. The second-order valence-electron chi connectivity index (χ2n) is 6.51. The van der Waals surface area contributed by atoms with Gasteiger partial charge in [0.25, 0.3) is 0 Å². The first-order valence-corrected chi connectivity index (χ1v) is 10.3. The molecule has 0 bridgehead atoms. The molecule has 1 atom stereocenters. The summed E-state index contributed by atoms with van der Waals surface area (Å²) < 4.78 is 30.5. The predicted molar refractivity (Wildman–Crippen MR) is 103 cm³/mol. The van der Waals surface area contributed by atoms with E-state index in [1.807, 2.05) is 49.5 Å². The minimum atomic E-state index is -3.68. The van der Waals surface area contributed by atoms with Gasteiger partial charge in [-0.05, 0) is 42.8 Å². The minimum absolute atomic E-state index is 0.224. The third-order valence-electron chi connectivity index (χ3n) is 4.79. The highest BCUT2D eigenvalue weighted by Gasteiger charge is 2.37.